The molecule has 0 bridgehead atoms. The number of sulfonamides is 1. The second kappa shape index (κ2) is 7.17. The molecule has 0 radical (unpaired) electrons. The van der Waals surface area contributed by atoms with Crippen LogP contribution in [0.15, 0.2) is 77.8 Å². The summed E-state index contributed by atoms with van der Waals surface area (Å²) in [6, 6.07) is 19.5. The first-order valence-corrected chi connectivity index (χ1v) is 9.50. The molecule has 1 atom stereocenters. The Balaban J connectivity index is 2.02. The molecule has 1 N–H and O–H groups in total. The van der Waals surface area contributed by atoms with Gasteiger partial charge < -0.3 is 0 Å². The van der Waals surface area contributed by atoms with Crippen LogP contribution in [0.3, 0.4) is 0 Å². The van der Waals surface area contributed by atoms with Crippen molar-refractivity contribution in [3.05, 3.63) is 95.3 Å². The van der Waals surface area contributed by atoms with Gasteiger partial charge in [-0.15, -0.1) is 0 Å². The number of hydrogen-bond acceptors (Lipinski definition) is 3. The van der Waals surface area contributed by atoms with E-state index in [0.717, 1.165) is 16.7 Å². The van der Waals surface area contributed by atoms with Crippen molar-refractivity contribution in [2.75, 3.05) is 0 Å². The minimum atomic E-state index is -3.68. The summed E-state index contributed by atoms with van der Waals surface area (Å²) in [7, 11) is -3.68. The van der Waals surface area contributed by atoms with Crippen molar-refractivity contribution in [2.45, 2.75) is 24.8 Å². The van der Waals surface area contributed by atoms with E-state index in [1.54, 1.807) is 30.5 Å². The van der Waals surface area contributed by atoms with E-state index < -0.39 is 16.1 Å². The van der Waals surface area contributed by atoms with Crippen LogP contribution < -0.4 is 4.72 Å². The molecule has 0 aliphatic rings. The van der Waals surface area contributed by atoms with E-state index in [2.05, 4.69) is 9.71 Å². The standard InChI is InChI=1S/C20H20N2O2S/c1-15-8-10-18(11-9-15)25(23,24)22-20(17-6-4-3-5-7-17)19-14-16(2)12-13-21-19/h3-14,20,22H,1-2H3/t20-/m1/s1. The molecule has 0 aliphatic heterocycles. The van der Waals surface area contributed by atoms with Crippen LogP contribution in [0.25, 0.3) is 0 Å². The average Bonchev–Trinajstić information content (AvgIpc) is 2.61. The Morgan fingerprint density at radius 1 is 0.880 bits per heavy atom. The summed E-state index contributed by atoms with van der Waals surface area (Å²) < 4.78 is 28.5. The highest BCUT2D eigenvalue weighted by Crippen LogP contribution is 2.24. The lowest BCUT2D eigenvalue weighted by Crippen LogP contribution is -2.30. The molecule has 0 saturated heterocycles. The minimum absolute atomic E-state index is 0.242. The topological polar surface area (TPSA) is 59.1 Å². The van der Waals surface area contributed by atoms with Crippen molar-refractivity contribution in [3.8, 4) is 0 Å². The summed E-state index contributed by atoms with van der Waals surface area (Å²) in [5.41, 5.74) is 3.55. The Morgan fingerprint density at radius 2 is 1.56 bits per heavy atom. The van der Waals surface area contributed by atoms with E-state index in [1.807, 2.05) is 56.3 Å². The first kappa shape index (κ1) is 17.3. The van der Waals surface area contributed by atoms with Crippen molar-refractivity contribution in [3.63, 3.8) is 0 Å². The van der Waals surface area contributed by atoms with Gasteiger partial charge in [0.2, 0.25) is 10.0 Å². The monoisotopic (exact) mass is 352 g/mol. The van der Waals surface area contributed by atoms with Crippen LogP contribution in [0.2, 0.25) is 0 Å². The van der Waals surface area contributed by atoms with Gasteiger partial charge in [-0.2, -0.15) is 4.72 Å². The Kier molecular flexibility index (Phi) is 4.97. The predicted molar refractivity (Wildman–Crippen MR) is 98.8 cm³/mol. The van der Waals surface area contributed by atoms with Crippen LogP contribution in [-0.2, 0) is 10.0 Å². The molecule has 25 heavy (non-hydrogen) atoms. The van der Waals surface area contributed by atoms with Crippen LogP contribution in [0.5, 0.6) is 0 Å². The average molecular weight is 352 g/mol. The van der Waals surface area contributed by atoms with E-state index in [1.165, 1.54) is 0 Å². The zero-order chi connectivity index (χ0) is 17.9. The zero-order valence-corrected chi connectivity index (χ0v) is 15.0. The van der Waals surface area contributed by atoms with Crippen LogP contribution >= 0.6 is 0 Å². The quantitative estimate of drug-likeness (QED) is 0.760. The maximum atomic E-state index is 12.8. The summed E-state index contributed by atoms with van der Waals surface area (Å²) in [6.07, 6.45) is 1.70. The van der Waals surface area contributed by atoms with Gasteiger partial charge in [0.1, 0.15) is 0 Å². The smallest absolute Gasteiger partial charge is 0.241 e. The molecule has 5 heteroatoms. The molecule has 3 aromatic rings. The molecule has 1 heterocycles. The van der Waals surface area contributed by atoms with Crippen LogP contribution in [0.1, 0.15) is 28.4 Å². The number of benzene rings is 2. The number of aromatic nitrogens is 1. The number of aryl methyl sites for hydroxylation is 2. The Hall–Kier alpha value is -2.50. The molecule has 0 unspecified atom stereocenters. The molecule has 3 rings (SSSR count). The van der Waals surface area contributed by atoms with Crippen molar-refractivity contribution < 1.29 is 8.42 Å². The van der Waals surface area contributed by atoms with Crippen LogP contribution in [0, 0.1) is 13.8 Å². The van der Waals surface area contributed by atoms with E-state index in [-0.39, 0.29) is 4.90 Å². The highest BCUT2D eigenvalue weighted by molar-refractivity contribution is 7.89. The summed E-state index contributed by atoms with van der Waals surface area (Å²) in [5, 5.41) is 0. The maximum Gasteiger partial charge on any atom is 0.241 e. The van der Waals surface area contributed by atoms with Gasteiger partial charge in [0.25, 0.3) is 0 Å². The minimum Gasteiger partial charge on any atom is -0.259 e. The first-order chi connectivity index (χ1) is 12.0. The fraction of sp³-hybridized carbons (Fsp3) is 0.150. The van der Waals surface area contributed by atoms with Crippen LogP contribution in [0.4, 0.5) is 0 Å². The van der Waals surface area contributed by atoms with Gasteiger partial charge in [0.15, 0.2) is 0 Å². The Labute approximate surface area is 148 Å². The number of nitrogens with one attached hydrogen (secondary N) is 1. The zero-order valence-electron chi connectivity index (χ0n) is 14.2. The van der Waals surface area contributed by atoms with Crippen molar-refractivity contribution in [1.82, 2.24) is 9.71 Å². The fourth-order valence-electron chi connectivity index (χ4n) is 2.60. The molecule has 0 aliphatic carbocycles. The van der Waals surface area contributed by atoms with Crippen molar-refractivity contribution in [2.24, 2.45) is 0 Å². The number of nitrogens with zero attached hydrogens (tertiary/aromatic N) is 1. The first-order valence-electron chi connectivity index (χ1n) is 8.02. The van der Waals surface area contributed by atoms with Crippen molar-refractivity contribution in [1.29, 1.82) is 0 Å². The number of hydrogen-bond donors (Lipinski definition) is 1. The summed E-state index contributed by atoms with van der Waals surface area (Å²) >= 11 is 0. The van der Waals surface area contributed by atoms with Gasteiger partial charge in [0, 0.05) is 6.20 Å². The van der Waals surface area contributed by atoms with E-state index >= 15 is 0 Å². The highest BCUT2D eigenvalue weighted by atomic mass is 32.2. The van der Waals surface area contributed by atoms with Gasteiger partial charge >= 0.3 is 0 Å². The normalized spacial score (nSPS) is 12.7. The summed E-state index contributed by atoms with van der Waals surface area (Å²) in [6.45, 7) is 3.88. The van der Waals surface area contributed by atoms with Gasteiger partial charge in [-0.3, -0.25) is 4.98 Å². The molecule has 0 amide bonds. The fourth-order valence-corrected chi connectivity index (χ4v) is 3.80. The van der Waals surface area contributed by atoms with Gasteiger partial charge in [-0.05, 0) is 49.2 Å². The molecule has 0 saturated carbocycles. The predicted octanol–water partition coefficient (Wildman–Crippen LogP) is 3.77. The van der Waals surface area contributed by atoms with Gasteiger partial charge in [0.05, 0.1) is 16.6 Å². The summed E-state index contributed by atoms with van der Waals surface area (Å²) in [5.74, 6) is 0. The summed E-state index contributed by atoms with van der Waals surface area (Å²) in [4.78, 5) is 4.62. The Morgan fingerprint density at radius 3 is 2.20 bits per heavy atom. The van der Waals surface area contributed by atoms with E-state index in [4.69, 9.17) is 0 Å². The molecular formula is C20H20N2O2S. The lowest BCUT2D eigenvalue weighted by atomic mass is 10.0. The lowest BCUT2D eigenvalue weighted by Gasteiger charge is -2.19. The third-order valence-corrected chi connectivity index (χ3v) is 5.41. The molecule has 128 valence electrons. The second-order valence-corrected chi connectivity index (χ2v) is 7.75. The lowest BCUT2D eigenvalue weighted by molar-refractivity contribution is 0.570. The number of pyridine rings is 1. The molecular weight excluding hydrogens is 332 g/mol. The van der Waals surface area contributed by atoms with E-state index in [0.29, 0.717) is 5.69 Å². The largest absolute Gasteiger partial charge is 0.259 e. The number of rotatable bonds is 5. The van der Waals surface area contributed by atoms with Gasteiger partial charge in [-0.1, -0.05) is 48.0 Å². The second-order valence-electron chi connectivity index (χ2n) is 6.04. The molecule has 1 aromatic heterocycles. The van der Waals surface area contributed by atoms with Crippen LogP contribution in [-0.4, -0.2) is 13.4 Å². The third kappa shape index (κ3) is 4.13. The molecule has 2 aromatic carbocycles. The molecule has 0 fully saturated rings. The SMILES string of the molecule is Cc1ccc(S(=O)(=O)N[C@H](c2ccccc2)c2cc(C)ccn2)cc1. The van der Waals surface area contributed by atoms with E-state index in [9.17, 15) is 8.42 Å². The van der Waals surface area contributed by atoms with Crippen molar-refractivity contribution >= 4 is 10.0 Å². The molecule has 4 nitrogen and oxygen atoms in total. The maximum absolute atomic E-state index is 12.8. The van der Waals surface area contributed by atoms with Gasteiger partial charge in [-0.25, -0.2) is 8.42 Å². The molecule has 0 spiro atoms. The Bertz CT molecular complexity index is 953. The highest BCUT2D eigenvalue weighted by Gasteiger charge is 2.23. The third-order valence-electron chi connectivity index (χ3n) is 3.97.